The quantitative estimate of drug-likeness (QED) is 0.0614. The van der Waals surface area contributed by atoms with E-state index < -0.39 is 51.2 Å². The molecule has 0 aromatic heterocycles. The molecule has 7 nitrogen and oxygen atoms in total. The third-order valence-corrected chi connectivity index (χ3v) is 7.79. The van der Waals surface area contributed by atoms with Crippen LogP contribution in [-0.4, -0.2) is 25.8 Å². The van der Waals surface area contributed by atoms with Gasteiger partial charge in [0.25, 0.3) is 0 Å². The van der Waals surface area contributed by atoms with Gasteiger partial charge in [0.05, 0.1) is 12.0 Å². The highest BCUT2D eigenvalue weighted by atomic mass is 32.2. The molecule has 2 unspecified atom stereocenters. The van der Waals surface area contributed by atoms with Gasteiger partial charge in [-0.15, -0.1) is 6.58 Å². The first-order valence-corrected chi connectivity index (χ1v) is 14.3. The van der Waals surface area contributed by atoms with E-state index in [1.165, 1.54) is 48.2 Å². The molecule has 1 aliphatic rings. The van der Waals surface area contributed by atoms with Crippen molar-refractivity contribution in [2.24, 2.45) is 5.92 Å². The largest absolute Gasteiger partial charge is 0.534 e. The number of carbonyl (C=O) groups excluding carboxylic acids is 2. The molecule has 1 amide bonds. The van der Waals surface area contributed by atoms with Crippen LogP contribution in [0.2, 0.25) is 0 Å². The monoisotopic (exact) mass is 605 g/mol. The number of hydrogen-bond donors (Lipinski definition) is 0. The van der Waals surface area contributed by atoms with Gasteiger partial charge in [0.15, 0.2) is 0 Å². The first kappa shape index (κ1) is 30.8. The number of hydrogen-bond acceptors (Lipinski definition) is 6. The molecule has 1 aliphatic heterocycles. The Kier molecular flexibility index (Phi) is 9.05. The number of rotatable bonds is 11. The van der Waals surface area contributed by atoms with E-state index in [0.717, 1.165) is 23.3 Å². The van der Waals surface area contributed by atoms with Crippen LogP contribution in [0.4, 0.5) is 23.2 Å². The minimum absolute atomic E-state index is 0.266. The van der Waals surface area contributed by atoms with Crippen LogP contribution in [0, 0.1) is 11.7 Å². The van der Waals surface area contributed by atoms with Crippen molar-refractivity contribution >= 4 is 27.7 Å². The van der Waals surface area contributed by atoms with Crippen LogP contribution in [0.15, 0.2) is 85.5 Å². The second kappa shape index (κ2) is 12.4. The van der Waals surface area contributed by atoms with E-state index in [1.807, 2.05) is 24.3 Å². The Morgan fingerprint density at radius 3 is 2.19 bits per heavy atom. The van der Waals surface area contributed by atoms with E-state index in [9.17, 15) is 35.6 Å². The van der Waals surface area contributed by atoms with Crippen molar-refractivity contribution in [3.8, 4) is 5.75 Å². The van der Waals surface area contributed by atoms with Crippen molar-refractivity contribution < 1.29 is 44.5 Å². The van der Waals surface area contributed by atoms with Crippen molar-refractivity contribution in [1.82, 2.24) is 0 Å². The van der Waals surface area contributed by atoms with E-state index >= 15 is 0 Å². The minimum Gasteiger partial charge on any atom is -0.458 e. The molecule has 0 saturated carbocycles. The minimum atomic E-state index is -5.85. The standard InChI is InChI=1S/C30H27F4NO6S/c1-3-4-20-5-7-22(8-6-20)28-26(17-18-27(40-19(2)36)21-9-11-23(31)12-10-21)29(37)35(28)24-13-15-25(16-14-24)41-42(38,39)30(32,33)34/h3,5-16,26-28H,1,4,17-18H2,2H3/t26?,27-,28?/m0/s1. The smallest absolute Gasteiger partial charge is 0.458 e. The van der Waals surface area contributed by atoms with Crippen molar-refractivity contribution in [3.63, 3.8) is 0 Å². The Morgan fingerprint density at radius 2 is 1.64 bits per heavy atom. The Balaban J connectivity index is 1.60. The maximum atomic E-state index is 13.5. The lowest BCUT2D eigenvalue weighted by Crippen LogP contribution is -2.55. The average Bonchev–Trinajstić information content (AvgIpc) is 2.92. The number of amides is 1. The average molecular weight is 606 g/mol. The number of benzene rings is 3. The Morgan fingerprint density at radius 1 is 1.02 bits per heavy atom. The number of halogens is 4. The number of anilines is 1. The van der Waals surface area contributed by atoms with Gasteiger partial charge < -0.3 is 13.8 Å². The van der Waals surface area contributed by atoms with E-state index in [0.29, 0.717) is 24.1 Å². The molecular weight excluding hydrogens is 578 g/mol. The zero-order valence-corrected chi connectivity index (χ0v) is 23.2. The van der Waals surface area contributed by atoms with Gasteiger partial charge in [-0.25, -0.2) is 4.39 Å². The molecular formula is C30H27F4NO6S. The number of esters is 1. The van der Waals surface area contributed by atoms with E-state index in [4.69, 9.17) is 4.74 Å². The van der Waals surface area contributed by atoms with Gasteiger partial charge >= 0.3 is 21.6 Å². The van der Waals surface area contributed by atoms with Crippen LogP contribution in [0.5, 0.6) is 5.75 Å². The van der Waals surface area contributed by atoms with Crippen molar-refractivity contribution in [1.29, 1.82) is 0 Å². The number of carbonyl (C=O) groups is 2. The van der Waals surface area contributed by atoms with E-state index in [-0.39, 0.29) is 12.3 Å². The molecule has 3 aromatic rings. The number of nitrogens with zero attached hydrogens (tertiary/aromatic N) is 1. The summed E-state index contributed by atoms with van der Waals surface area (Å²) in [6.07, 6.45) is 2.25. The molecule has 222 valence electrons. The second-order valence-corrected chi connectivity index (χ2v) is 11.2. The predicted molar refractivity (Wildman–Crippen MR) is 146 cm³/mol. The summed E-state index contributed by atoms with van der Waals surface area (Å²) in [5, 5.41) is 0. The lowest BCUT2D eigenvalue weighted by Gasteiger charge is -2.48. The Bertz CT molecular complexity index is 1540. The molecule has 3 aromatic carbocycles. The van der Waals surface area contributed by atoms with Crippen molar-refractivity contribution in [2.45, 2.75) is 43.8 Å². The van der Waals surface area contributed by atoms with Crippen molar-refractivity contribution in [2.75, 3.05) is 4.90 Å². The van der Waals surface area contributed by atoms with Gasteiger partial charge in [-0.1, -0.05) is 42.5 Å². The van der Waals surface area contributed by atoms with Crippen LogP contribution in [0.3, 0.4) is 0 Å². The fraction of sp³-hybridized carbons (Fsp3) is 0.267. The summed E-state index contributed by atoms with van der Waals surface area (Å²) in [5.74, 6) is -2.37. The topological polar surface area (TPSA) is 90.0 Å². The van der Waals surface area contributed by atoms with Crippen molar-refractivity contribution in [3.05, 3.63) is 108 Å². The predicted octanol–water partition coefficient (Wildman–Crippen LogP) is 6.57. The summed E-state index contributed by atoms with van der Waals surface area (Å²) in [6.45, 7) is 4.99. The molecule has 0 spiro atoms. The van der Waals surface area contributed by atoms with Crippen LogP contribution < -0.4 is 9.08 Å². The summed E-state index contributed by atoms with van der Waals surface area (Å²) in [6, 6.07) is 17.2. The first-order chi connectivity index (χ1) is 19.8. The summed E-state index contributed by atoms with van der Waals surface area (Å²) >= 11 is 0. The lowest BCUT2D eigenvalue weighted by atomic mass is 9.78. The lowest BCUT2D eigenvalue weighted by molar-refractivity contribution is -0.147. The number of alkyl halides is 3. The van der Waals surface area contributed by atoms with Crippen LogP contribution in [0.1, 0.15) is 48.6 Å². The molecule has 42 heavy (non-hydrogen) atoms. The van der Waals surface area contributed by atoms with Gasteiger partial charge in [-0.2, -0.15) is 21.6 Å². The van der Waals surface area contributed by atoms with Gasteiger partial charge in [-0.05, 0) is 72.4 Å². The molecule has 0 bridgehead atoms. The van der Waals surface area contributed by atoms with Crippen LogP contribution >= 0.6 is 0 Å². The number of allylic oxidation sites excluding steroid dienone is 1. The maximum absolute atomic E-state index is 13.5. The van der Waals surface area contributed by atoms with Gasteiger partial charge in [0.2, 0.25) is 5.91 Å². The molecule has 0 radical (unpaired) electrons. The highest BCUT2D eigenvalue weighted by Gasteiger charge is 2.50. The zero-order chi connectivity index (χ0) is 30.7. The molecule has 3 atom stereocenters. The fourth-order valence-electron chi connectivity index (χ4n) is 4.86. The Labute approximate surface area is 240 Å². The zero-order valence-electron chi connectivity index (χ0n) is 22.4. The molecule has 0 aliphatic carbocycles. The third kappa shape index (κ3) is 6.81. The summed E-state index contributed by atoms with van der Waals surface area (Å²) in [7, 11) is -5.85. The maximum Gasteiger partial charge on any atom is 0.534 e. The van der Waals surface area contributed by atoms with Gasteiger partial charge in [0, 0.05) is 12.6 Å². The normalized spacial score (nSPS) is 17.7. The van der Waals surface area contributed by atoms with Crippen LogP contribution in [0.25, 0.3) is 0 Å². The highest BCUT2D eigenvalue weighted by molar-refractivity contribution is 7.88. The molecule has 1 saturated heterocycles. The summed E-state index contributed by atoms with van der Waals surface area (Å²) < 4.78 is 83.9. The van der Waals surface area contributed by atoms with E-state index in [1.54, 1.807) is 6.08 Å². The SMILES string of the molecule is C=CCc1ccc(C2C(CC[C@H](OC(C)=O)c3ccc(F)cc3)C(=O)N2c2ccc(OS(=O)(=O)C(F)(F)F)cc2)cc1. The van der Waals surface area contributed by atoms with Gasteiger partial charge in [0.1, 0.15) is 17.7 Å². The molecule has 0 N–H and O–H groups in total. The molecule has 4 rings (SSSR count). The first-order valence-electron chi connectivity index (χ1n) is 12.9. The molecule has 1 fully saturated rings. The Hall–Kier alpha value is -4.19. The molecule has 12 heteroatoms. The van der Waals surface area contributed by atoms with E-state index in [2.05, 4.69) is 10.8 Å². The second-order valence-electron chi connectivity index (χ2n) is 9.70. The van der Waals surface area contributed by atoms with Crippen LogP contribution in [-0.2, 0) is 30.9 Å². The number of ether oxygens (including phenoxy) is 1. The number of β-lactam (4-membered cyclic amide) rings is 1. The highest BCUT2D eigenvalue weighted by Crippen LogP contribution is 2.47. The summed E-state index contributed by atoms with van der Waals surface area (Å²) in [4.78, 5) is 26.7. The van der Waals surface area contributed by atoms with Gasteiger partial charge in [-0.3, -0.25) is 9.59 Å². The summed E-state index contributed by atoms with van der Waals surface area (Å²) in [5.41, 5.74) is -2.90. The molecule has 1 heterocycles. The third-order valence-electron chi connectivity index (χ3n) is 6.81. The fourth-order valence-corrected chi connectivity index (χ4v) is 5.31.